The minimum absolute atomic E-state index is 0.0497. The number of rotatable bonds is 7. The molecule has 0 heterocycles. The van der Waals surface area contributed by atoms with Crippen molar-refractivity contribution in [1.82, 2.24) is 0 Å². The van der Waals surface area contributed by atoms with Gasteiger partial charge in [0, 0.05) is 5.69 Å². The Morgan fingerprint density at radius 3 is 2.38 bits per heavy atom. The van der Waals surface area contributed by atoms with Gasteiger partial charge in [0.05, 0.1) is 5.92 Å². The van der Waals surface area contributed by atoms with Crippen LogP contribution < -0.4 is 10.1 Å². The minimum Gasteiger partial charge on any atom is -0.489 e. The smallest absolute Gasteiger partial charge is 0.309 e. The zero-order chi connectivity index (χ0) is 18.5. The van der Waals surface area contributed by atoms with Crippen molar-refractivity contribution in [3.8, 4) is 5.75 Å². The first-order valence-electron chi connectivity index (χ1n) is 8.81. The molecule has 136 valence electrons. The summed E-state index contributed by atoms with van der Waals surface area (Å²) in [7, 11) is 0. The fourth-order valence-electron chi connectivity index (χ4n) is 2.58. The van der Waals surface area contributed by atoms with E-state index in [0.29, 0.717) is 24.0 Å². The Morgan fingerprint density at radius 2 is 1.77 bits per heavy atom. The summed E-state index contributed by atoms with van der Waals surface area (Å²) < 4.78 is 10.9. The molecular weight excluding hydrogens is 330 g/mol. The van der Waals surface area contributed by atoms with Crippen molar-refractivity contribution in [2.45, 2.75) is 33.0 Å². The van der Waals surface area contributed by atoms with Gasteiger partial charge >= 0.3 is 5.97 Å². The Kier molecular flexibility index (Phi) is 5.56. The fraction of sp³-hybridized carbons (Fsp3) is 0.333. The molecule has 0 spiro atoms. The number of nitrogens with one attached hydrogen (secondary N) is 1. The van der Waals surface area contributed by atoms with Gasteiger partial charge in [-0.2, -0.15) is 0 Å². The van der Waals surface area contributed by atoms with E-state index in [0.717, 1.165) is 12.0 Å². The number of carbonyl (C=O) groups is 2. The maximum Gasteiger partial charge on any atom is 0.309 e. The fourth-order valence-corrected chi connectivity index (χ4v) is 2.58. The second-order valence-corrected chi connectivity index (χ2v) is 6.69. The van der Waals surface area contributed by atoms with Crippen LogP contribution in [0, 0.1) is 11.8 Å². The Labute approximate surface area is 153 Å². The molecule has 0 saturated heterocycles. The third kappa shape index (κ3) is 4.85. The van der Waals surface area contributed by atoms with Crippen molar-refractivity contribution in [1.29, 1.82) is 0 Å². The molecule has 5 nitrogen and oxygen atoms in total. The molecule has 0 unspecified atom stereocenters. The molecule has 1 aliphatic rings. The lowest BCUT2D eigenvalue weighted by molar-refractivity contribution is -0.154. The highest BCUT2D eigenvalue weighted by Gasteiger charge is 2.41. The van der Waals surface area contributed by atoms with Gasteiger partial charge < -0.3 is 14.8 Å². The molecule has 0 aromatic heterocycles. The van der Waals surface area contributed by atoms with Crippen LogP contribution in [0.25, 0.3) is 0 Å². The molecule has 26 heavy (non-hydrogen) atoms. The average Bonchev–Trinajstić information content (AvgIpc) is 3.39. The van der Waals surface area contributed by atoms with Gasteiger partial charge in [-0.25, -0.2) is 0 Å². The molecule has 1 aliphatic carbocycles. The van der Waals surface area contributed by atoms with Crippen molar-refractivity contribution in [2.24, 2.45) is 11.8 Å². The van der Waals surface area contributed by atoms with Crippen LogP contribution in [0.2, 0.25) is 0 Å². The SMILES string of the molecule is C[C@H](OC(=O)[C@H]1C[C@H]1C)C(=O)Nc1ccc(OCc2ccccc2)cc1. The Morgan fingerprint density at radius 1 is 1.12 bits per heavy atom. The lowest BCUT2D eigenvalue weighted by atomic mass is 10.2. The van der Waals surface area contributed by atoms with Gasteiger partial charge in [-0.1, -0.05) is 37.3 Å². The first kappa shape index (κ1) is 18.0. The molecule has 0 aliphatic heterocycles. The van der Waals surface area contributed by atoms with Gasteiger partial charge in [0.2, 0.25) is 0 Å². The predicted octanol–water partition coefficient (Wildman–Crippen LogP) is 3.79. The van der Waals surface area contributed by atoms with Crippen LogP contribution in [0.15, 0.2) is 54.6 Å². The third-order valence-corrected chi connectivity index (χ3v) is 4.44. The molecule has 3 rings (SSSR count). The normalized spacial score (nSPS) is 19.3. The minimum atomic E-state index is -0.815. The molecule has 0 radical (unpaired) electrons. The molecule has 1 amide bonds. The van der Waals surface area contributed by atoms with Crippen LogP contribution in [-0.4, -0.2) is 18.0 Å². The summed E-state index contributed by atoms with van der Waals surface area (Å²) in [6.07, 6.45) is 0.0294. The van der Waals surface area contributed by atoms with Crippen molar-refractivity contribution >= 4 is 17.6 Å². The molecule has 2 aromatic carbocycles. The topological polar surface area (TPSA) is 64.6 Å². The van der Waals surface area contributed by atoms with Crippen molar-refractivity contribution < 1.29 is 19.1 Å². The zero-order valence-electron chi connectivity index (χ0n) is 15.0. The van der Waals surface area contributed by atoms with E-state index in [1.54, 1.807) is 31.2 Å². The van der Waals surface area contributed by atoms with Crippen molar-refractivity contribution in [2.75, 3.05) is 5.32 Å². The number of anilines is 1. The van der Waals surface area contributed by atoms with E-state index in [-0.39, 0.29) is 17.8 Å². The summed E-state index contributed by atoms with van der Waals surface area (Å²) >= 11 is 0. The van der Waals surface area contributed by atoms with E-state index in [9.17, 15) is 9.59 Å². The summed E-state index contributed by atoms with van der Waals surface area (Å²) in [5, 5.41) is 2.75. The summed E-state index contributed by atoms with van der Waals surface area (Å²) in [5.41, 5.74) is 1.72. The number of benzene rings is 2. The van der Waals surface area contributed by atoms with Crippen LogP contribution in [0.1, 0.15) is 25.8 Å². The van der Waals surface area contributed by atoms with Gasteiger partial charge in [-0.15, -0.1) is 0 Å². The van der Waals surface area contributed by atoms with Crippen LogP contribution in [-0.2, 0) is 20.9 Å². The summed E-state index contributed by atoms with van der Waals surface area (Å²) in [5.74, 6) is 0.399. The van der Waals surface area contributed by atoms with E-state index >= 15 is 0 Å². The standard InChI is InChI=1S/C21H23NO4/c1-14-12-19(14)21(24)26-15(2)20(23)22-17-8-10-18(11-9-17)25-13-16-6-4-3-5-7-16/h3-11,14-15,19H,12-13H2,1-2H3,(H,22,23)/t14-,15+,19+/m1/s1. The van der Waals surface area contributed by atoms with E-state index in [1.807, 2.05) is 37.3 Å². The second-order valence-electron chi connectivity index (χ2n) is 6.69. The predicted molar refractivity (Wildman–Crippen MR) is 98.7 cm³/mol. The van der Waals surface area contributed by atoms with Crippen LogP contribution in [0.5, 0.6) is 5.75 Å². The molecule has 1 saturated carbocycles. The molecular formula is C21H23NO4. The Hall–Kier alpha value is -2.82. The average molecular weight is 353 g/mol. The van der Waals surface area contributed by atoms with Gasteiger partial charge in [0.15, 0.2) is 6.10 Å². The first-order valence-corrected chi connectivity index (χ1v) is 8.81. The van der Waals surface area contributed by atoms with E-state index in [2.05, 4.69) is 5.32 Å². The molecule has 1 fully saturated rings. The van der Waals surface area contributed by atoms with Crippen molar-refractivity contribution in [3.05, 3.63) is 60.2 Å². The van der Waals surface area contributed by atoms with Gasteiger partial charge in [-0.3, -0.25) is 9.59 Å². The number of amides is 1. The maximum atomic E-state index is 12.1. The van der Waals surface area contributed by atoms with E-state index < -0.39 is 6.10 Å². The summed E-state index contributed by atoms with van der Waals surface area (Å²) in [4.78, 5) is 23.9. The van der Waals surface area contributed by atoms with E-state index in [4.69, 9.17) is 9.47 Å². The van der Waals surface area contributed by atoms with E-state index in [1.165, 1.54) is 0 Å². The second kappa shape index (κ2) is 8.04. The number of hydrogen-bond donors (Lipinski definition) is 1. The summed E-state index contributed by atoms with van der Waals surface area (Å²) in [6, 6.07) is 17.0. The zero-order valence-corrected chi connectivity index (χ0v) is 15.0. The van der Waals surface area contributed by atoms with Gasteiger partial charge in [0.25, 0.3) is 5.91 Å². The highest BCUT2D eigenvalue weighted by molar-refractivity contribution is 5.95. The maximum absolute atomic E-state index is 12.1. The van der Waals surface area contributed by atoms with Gasteiger partial charge in [0.1, 0.15) is 12.4 Å². The van der Waals surface area contributed by atoms with Crippen LogP contribution in [0.4, 0.5) is 5.69 Å². The Balaban J connectivity index is 1.47. The molecule has 3 atom stereocenters. The number of esters is 1. The monoisotopic (exact) mass is 353 g/mol. The molecule has 2 aromatic rings. The van der Waals surface area contributed by atoms with Crippen molar-refractivity contribution in [3.63, 3.8) is 0 Å². The Bertz CT molecular complexity index is 757. The highest BCUT2D eigenvalue weighted by atomic mass is 16.5. The number of hydrogen-bond acceptors (Lipinski definition) is 4. The largest absolute Gasteiger partial charge is 0.489 e. The number of ether oxygens (including phenoxy) is 2. The molecule has 1 N–H and O–H groups in total. The molecule has 0 bridgehead atoms. The van der Waals surface area contributed by atoms with Crippen LogP contribution in [0.3, 0.4) is 0 Å². The third-order valence-electron chi connectivity index (χ3n) is 4.44. The highest BCUT2D eigenvalue weighted by Crippen LogP contribution is 2.38. The first-order chi connectivity index (χ1) is 12.5. The quantitative estimate of drug-likeness (QED) is 0.769. The van der Waals surface area contributed by atoms with Crippen LogP contribution >= 0.6 is 0 Å². The lowest BCUT2D eigenvalue weighted by Gasteiger charge is -2.14. The lowest BCUT2D eigenvalue weighted by Crippen LogP contribution is -2.30. The van der Waals surface area contributed by atoms with Gasteiger partial charge in [-0.05, 0) is 49.1 Å². The number of carbonyl (C=O) groups excluding carboxylic acids is 2. The summed E-state index contributed by atoms with van der Waals surface area (Å²) in [6.45, 7) is 4.06. The molecule has 5 heteroatoms.